The van der Waals surface area contributed by atoms with Crippen LogP contribution in [0.25, 0.3) is 0 Å². The second kappa shape index (κ2) is 8.70. The zero-order valence-electron chi connectivity index (χ0n) is 12.2. The predicted molar refractivity (Wildman–Crippen MR) is 81.2 cm³/mol. The van der Waals surface area contributed by atoms with Crippen LogP contribution in [-0.2, 0) is 9.59 Å². The molecule has 0 heterocycles. The van der Waals surface area contributed by atoms with Crippen LogP contribution in [-0.4, -0.2) is 31.2 Å². The van der Waals surface area contributed by atoms with Crippen LogP contribution in [0.5, 0.6) is 5.75 Å². The number of ether oxygens (including phenoxy) is 1. The molecular formula is C14H20N4O3. The van der Waals surface area contributed by atoms with Crippen LogP contribution in [0.4, 0.5) is 5.69 Å². The Balaban J connectivity index is 2.53. The first kappa shape index (κ1) is 16.6. The highest BCUT2D eigenvalue weighted by Crippen LogP contribution is 2.22. The number of hydrogen-bond donors (Lipinski definition) is 3. The molecule has 0 aliphatic rings. The molecule has 2 amide bonds. The Kier molecular flexibility index (Phi) is 6.90. The first-order valence-electron chi connectivity index (χ1n) is 6.51. The number of rotatable bonds is 7. The van der Waals surface area contributed by atoms with Gasteiger partial charge >= 0.3 is 0 Å². The number of benzene rings is 1. The molecule has 0 aliphatic carbocycles. The molecule has 0 atom stereocenters. The number of methoxy groups -OCH3 is 1. The maximum atomic E-state index is 11.9. The van der Waals surface area contributed by atoms with Crippen molar-refractivity contribution in [3.8, 4) is 5.75 Å². The first-order valence-corrected chi connectivity index (χ1v) is 6.51. The molecule has 0 bridgehead atoms. The van der Waals surface area contributed by atoms with Crippen molar-refractivity contribution in [1.82, 2.24) is 5.43 Å². The van der Waals surface area contributed by atoms with Crippen molar-refractivity contribution in [2.75, 3.05) is 19.0 Å². The lowest BCUT2D eigenvalue weighted by atomic mass is 10.2. The highest BCUT2D eigenvalue weighted by atomic mass is 16.5. The Morgan fingerprint density at radius 2 is 2.00 bits per heavy atom. The summed E-state index contributed by atoms with van der Waals surface area (Å²) < 4.78 is 5.14. The van der Waals surface area contributed by atoms with Gasteiger partial charge in [0.2, 0.25) is 11.8 Å². The fourth-order valence-corrected chi connectivity index (χ4v) is 1.56. The number of hydrogen-bond acceptors (Lipinski definition) is 5. The molecule has 1 aromatic carbocycles. The molecule has 0 saturated heterocycles. The summed E-state index contributed by atoms with van der Waals surface area (Å²) in [5.41, 5.74) is 8.67. The van der Waals surface area contributed by atoms with E-state index in [0.29, 0.717) is 17.1 Å². The van der Waals surface area contributed by atoms with Crippen LogP contribution < -0.4 is 21.2 Å². The summed E-state index contributed by atoms with van der Waals surface area (Å²) >= 11 is 0. The van der Waals surface area contributed by atoms with Gasteiger partial charge in [-0.3, -0.25) is 9.59 Å². The van der Waals surface area contributed by atoms with E-state index < -0.39 is 0 Å². The van der Waals surface area contributed by atoms with Gasteiger partial charge in [0.25, 0.3) is 0 Å². The lowest BCUT2D eigenvalue weighted by Crippen LogP contribution is -2.23. The van der Waals surface area contributed by atoms with E-state index in [-0.39, 0.29) is 31.2 Å². The molecule has 114 valence electrons. The van der Waals surface area contributed by atoms with Gasteiger partial charge in [0, 0.05) is 18.7 Å². The monoisotopic (exact) mass is 292 g/mol. The Morgan fingerprint density at radius 3 is 2.67 bits per heavy atom. The van der Waals surface area contributed by atoms with Crippen LogP contribution >= 0.6 is 0 Å². The topological polar surface area (TPSA) is 106 Å². The molecule has 0 unspecified atom stereocenters. The lowest BCUT2D eigenvalue weighted by molar-refractivity contribution is -0.121. The standard InChI is InChI=1S/C14H20N4O3/c1-10(17-18-13(19)7-8-15)9-14(20)16-11-5-3-4-6-12(11)21-2/h3-6H,7-9,15H2,1-2H3,(H,16,20)(H,18,19)/b17-10+. The van der Waals surface area contributed by atoms with Crippen LogP contribution in [0, 0.1) is 0 Å². The third kappa shape index (κ3) is 6.05. The predicted octanol–water partition coefficient (Wildman–Crippen LogP) is 0.865. The third-order valence-electron chi connectivity index (χ3n) is 2.54. The number of hydrazone groups is 1. The van der Waals surface area contributed by atoms with Gasteiger partial charge in [-0.1, -0.05) is 12.1 Å². The SMILES string of the molecule is COc1ccccc1NC(=O)C/C(C)=N/NC(=O)CCN. The molecule has 0 aromatic heterocycles. The number of nitrogens with one attached hydrogen (secondary N) is 2. The zero-order valence-corrected chi connectivity index (χ0v) is 12.2. The lowest BCUT2D eigenvalue weighted by Gasteiger charge is -2.09. The van der Waals surface area contributed by atoms with E-state index in [4.69, 9.17) is 10.5 Å². The number of para-hydroxylation sites is 2. The Morgan fingerprint density at radius 1 is 1.29 bits per heavy atom. The molecule has 0 fully saturated rings. The summed E-state index contributed by atoms with van der Waals surface area (Å²) in [4.78, 5) is 23.1. The van der Waals surface area contributed by atoms with E-state index in [1.807, 2.05) is 6.07 Å². The number of amides is 2. The molecule has 0 saturated carbocycles. The van der Waals surface area contributed by atoms with Crippen molar-refractivity contribution in [2.24, 2.45) is 10.8 Å². The molecule has 0 spiro atoms. The van der Waals surface area contributed by atoms with Crippen molar-refractivity contribution in [2.45, 2.75) is 19.8 Å². The largest absolute Gasteiger partial charge is 0.495 e. The average Bonchev–Trinajstić information content (AvgIpc) is 2.46. The molecule has 0 aliphatic heterocycles. The summed E-state index contributed by atoms with van der Waals surface area (Å²) in [6.45, 7) is 1.92. The average molecular weight is 292 g/mol. The molecule has 1 aromatic rings. The minimum Gasteiger partial charge on any atom is -0.495 e. The fraction of sp³-hybridized carbons (Fsp3) is 0.357. The summed E-state index contributed by atoms with van der Waals surface area (Å²) in [6.07, 6.45) is 0.269. The summed E-state index contributed by atoms with van der Waals surface area (Å²) in [6, 6.07) is 7.11. The molecular weight excluding hydrogens is 272 g/mol. The van der Waals surface area contributed by atoms with Gasteiger partial charge in [-0.05, 0) is 19.1 Å². The van der Waals surface area contributed by atoms with E-state index in [9.17, 15) is 9.59 Å². The molecule has 7 heteroatoms. The highest BCUT2D eigenvalue weighted by Gasteiger charge is 2.08. The normalized spacial score (nSPS) is 10.9. The summed E-state index contributed by atoms with van der Waals surface area (Å²) in [5, 5.41) is 6.56. The molecule has 21 heavy (non-hydrogen) atoms. The number of nitrogens with two attached hydrogens (primary N) is 1. The Bertz CT molecular complexity index is 529. The summed E-state index contributed by atoms with van der Waals surface area (Å²) in [5.74, 6) is 0.0625. The van der Waals surface area contributed by atoms with E-state index in [2.05, 4.69) is 15.8 Å². The van der Waals surface area contributed by atoms with E-state index >= 15 is 0 Å². The molecule has 4 N–H and O–H groups in total. The van der Waals surface area contributed by atoms with Gasteiger partial charge < -0.3 is 15.8 Å². The second-order valence-electron chi connectivity index (χ2n) is 4.35. The van der Waals surface area contributed by atoms with Gasteiger partial charge in [-0.2, -0.15) is 5.10 Å². The second-order valence-corrected chi connectivity index (χ2v) is 4.35. The smallest absolute Gasteiger partial charge is 0.241 e. The minimum absolute atomic E-state index is 0.0704. The van der Waals surface area contributed by atoms with E-state index in [1.165, 1.54) is 7.11 Å². The van der Waals surface area contributed by atoms with Crippen molar-refractivity contribution >= 4 is 23.2 Å². The quantitative estimate of drug-likeness (QED) is 0.512. The van der Waals surface area contributed by atoms with Crippen LogP contribution in [0.15, 0.2) is 29.4 Å². The van der Waals surface area contributed by atoms with E-state index in [0.717, 1.165) is 0 Å². The fourth-order valence-electron chi connectivity index (χ4n) is 1.56. The van der Waals surface area contributed by atoms with Crippen molar-refractivity contribution in [1.29, 1.82) is 0 Å². The third-order valence-corrected chi connectivity index (χ3v) is 2.54. The van der Waals surface area contributed by atoms with Gasteiger partial charge in [0.05, 0.1) is 19.2 Å². The number of carbonyl (C=O) groups is 2. The molecule has 0 radical (unpaired) electrons. The van der Waals surface area contributed by atoms with Crippen molar-refractivity contribution in [3.63, 3.8) is 0 Å². The van der Waals surface area contributed by atoms with Crippen LogP contribution in [0.1, 0.15) is 19.8 Å². The number of nitrogens with zero attached hydrogens (tertiary/aromatic N) is 1. The van der Waals surface area contributed by atoms with Crippen molar-refractivity contribution < 1.29 is 14.3 Å². The highest BCUT2D eigenvalue weighted by molar-refractivity contribution is 6.06. The molecule has 1 rings (SSSR count). The van der Waals surface area contributed by atoms with Gasteiger partial charge in [0.1, 0.15) is 5.75 Å². The van der Waals surface area contributed by atoms with Crippen molar-refractivity contribution in [3.05, 3.63) is 24.3 Å². The first-order chi connectivity index (χ1) is 10.1. The maximum Gasteiger partial charge on any atom is 0.241 e. The maximum absolute atomic E-state index is 11.9. The molecule has 7 nitrogen and oxygen atoms in total. The Labute approximate surface area is 123 Å². The minimum atomic E-state index is -0.276. The van der Waals surface area contributed by atoms with Gasteiger partial charge in [-0.15, -0.1) is 0 Å². The number of carbonyl (C=O) groups excluding carboxylic acids is 2. The van der Waals surface area contributed by atoms with Crippen LogP contribution in [0.3, 0.4) is 0 Å². The van der Waals surface area contributed by atoms with Crippen LogP contribution in [0.2, 0.25) is 0 Å². The number of anilines is 1. The summed E-state index contributed by atoms with van der Waals surface area (Å²) in [7, 11) is 1.53. The Hall–Kier alpha value is -2.41. The van der Waals surface area contributed by atoms with E-state index in [1.54, 1.807) is 25.1 Å². The zero-order chi connectivity index (χ0) is 15.7. The van der Waals surface area contributed by atoms with Gasteiger partial charge in [0.15, 0.2) is 0 Å². The van der Waals surface area contributed by atoms with Gasteiger partial charge in [-0.25, -0.2) is 5.43 Å².